The molecule has 0 aliphatic carbocycles. The topological polar surface area (TPSA) is 29.5 Å². The zero-order valence-corrected chi connectivity index (χ0v) is 12.1. The van der Waals surface area contributed by atoms with Crippen molar-refractivity contribution in [2.75, 3.05) is 7.11 Å². The third-order valence-corrected chi connectivity index (χ3v) is 3.08. The van der Waals surface area contributed by atoms with E-state index in [0.29, 0.717) is 0 Å². The minimum atomic E-state index is -0.346. The van der Waals surface area contributed by atoms with Gasteiger partial charge in [0.05, 0.1) is 7.11 Å². The number of hydrogen-bond acceptors (Lipinski definition) is 3. The van der Waals surface area contributed by atoms with Crippen molar-refractivity contribution in [3.63, 3.8) is 0 Å². The highest BCUT2D eigenvalue weighted by Crippen LogP contribution is 2.10. The Hall–Kier alpha value is -2.55. The maximum atomic E-state index is 11.3. The summed E-state index contributed by atoms with van der Waals surface area (Å²) in [4.78, 5) is 13.4. The molecule has 0 N–H and O–H groups in total. The number of nitrogens with zero attached hydrogens (tertiary/aromatic N) is 1. The van der Waals surface area contributed by atoms with Gasteiger partial charge in [0.2, 0.25) is 0 Å². The predicted octanol–water partition coefficient (Wildman–Crippen LogP) is 3.38. The van der Waals surface area contributed by atoms with Crippen molar-refractivity contribution in [1.82, 2.24) is 4.90 Å². The zero-order chi connectivity index (χ0) is 14.9. The number of benzene rings is 2. The van der Waals surface area contributed by atoms with E-state index in [-0.39, 0.29) is 5.97 Å². The second-order valence-corrected chi connectivity index (χ2v) is 4.72. The number of esters is 1. The van der Waals surface area contributed by atoms with Gasteiger partial charge in [-0.1, -0.05) is 60.7 Å². The first-order chi connectivity index (χ1) is 10.3. The van der Waals surface area contributed by atoms with Crippen molar-refractivity contribution >= 4 is 5.97 Å². The number of methoxy groups -OCH3 is 1. The van der Waals surface area contributed by atoms with Crippen molar-refractivity contribution < 1.29 is 9.53 Å². The summed E-state index contributed by atoms with van der Waals surface area (Å²) in [5, 5.41) is 0. The molecule has 0 aliphatic heterocycles. The summed E-state index contributed by atoms with van der Waals surface area (Å²) in [6.07, 6.45) is 3.23. The molecule has 108 valence electrons. The molecule has 2 aromatic carbocycles. The number of carbonyl (C=O) groups excluding carboxylic acids is 1. The van der Waals surface area contributed by atoms with Crippen LogP contribution in [0.1, 0.15) is 11.1 Å². The lowest BCUT2D eigenvalue weighted by atomic mass is 10.2. The van der Waals surface area contributed by atoms with Crippen LogP contribution in [-0.2, 0) is 22.6 Å². The highest BCUT2D eigenvalue weighted by Gasteiger charge is 2.03. The Bertz CT molecular complexity index is 537. The molecule has 0 radical (unpaired) electrons. The summed E-state index contributed by atoms with van der Waals surface area (Å²) in [7, 11) is 1.38. The van der Waals surface area contributed by atoms with E-state index in [1.54, 1.807) is 6.20 Å². The summed E-state index contributed by atoms with van der Waals surface area (Å²) in [6.45, 7) is 1.48. The van der Waals surface area contributed by atoms with E-state index in [1.807, 2.05) is 36.4 Å². The van der Waals surface area contributed by atoms with Gasteiger partial charge in [-0.15, -0.1) is 0 Å². The lowest BCUT2D eigenvalue weighted by Gasteiger charge is -2.20. The molecule has 3 heteroatoms. The van der Waals surface area contributed by atoms with Crippen molar-refractivity contribution in [2.24, 2.45) is 0 Å². The monoisotopic (exact) mass is 281 g/mol. The molecule has 0 amide bonds. The normalized spacial score (nSPS) is 10.5. The quantitative estimate of drug-likeness (QED) is 0.600. The molecular formula is C18H19NO2. The fourth-order valence-corrected chi connectivity index (χ4v) is 2.03. The van der Waals surface area contributed by atoms with Gasteiger partial charge in [0.25, 0.3) is 0 Å². The van der Waals surface area contributed by atoms with Crippen molar-refractivity contribution in [3.8, 4) is 0 Å². The van der Waals surface area contributed by atoms with Crippen LogP contribution in [0.4, 0.5) is 0 Å². The van der Waals surface area contributed by atoms with Gasteiger partial charge in [-0.25, -0.2) is 4.79 Å². The summed E-state index contributed by atoms with van der Waals surface area (Å²) in [5.74, 6) is -0.346. The lowest BCUT2D eigenvalue weighted by molar-refractivity contribution is -0.134. The molecule has 0 bridgehead atoms. The van der Waals surface area contributed by atoms with Crippen LogP contribution < -0.4 is 0 Å². The summed E-state index contributed by atoms with van der Waals surface area (Å²) in [5.41, 5.74) is 2.39. The van der Waals surface area contributed by atoms with Gasteiger partial charge >= 0.3 is 5.97 Å². The molecule has 21 heavy (non-hydrogen) atoms. The standard InChI is InChI=1S/C18H19NO2/c1-21-18(20)12-13-19(14-16-8-4-2-5-9-16)15-17-10-6-3-7-11-17/h2-13H,14-15H2,1H3. The number of ether oxygens (including phenoxy) is 1. The van der Waals surface area contributed by atoms with Crippen LogP contribution in [0.15, 0.2) is 72.9 Å². The zero-order valence-electron chi connectivity index (χ0n) is 12.1. The highest BCUT2D eigenvalue weighted by atomic mass is 16.5. The minimum absolute atomic E-state index is 0.346. The van der Waals surface area contributed by atoms with Crippen LogP contribution in [0.2, 0.25) is 0 Å². The van der Waals surface area contributed by atoms with Crippen molar-refractivity contribution in [3.05, 3.63) is 84.1 Å². The Morgan fingerprint density at radius 3 is 1.86 bits per heavy atom. The van der Waals surface area contributed by atoms with Gasteiger partial charge in [0, 0.05) is 25.4 Å². The highest BCUT2D eigenvalue weighted by molar-refractivity contribution is 5.81. The summed E-state index contributed by atoms with van der Waals surface area (Å²) >= 11 is 0. The largest absolute Gasteiger partial charge is 0.466 e. The fraction of sp³-hybridized carbons (Fsp3) is 0.167. The molecule has 2 rings (SSSR count). The van der Waals surface area contributed by atoms with E-state index < -0.39 is 0 Å². The van der Waals surface area contributed by atoms with E-state index in [9.17, 15) is 4.79 Å². The Labute approximate surface area is 125 Å². The smallest absolute Gasteiger partial charge is 0.331 e. The average molecular weight is 281 g/mol. The van der Waals surface area contributed by atoms with Gasteiger partial charge in [0.15, 0.2) is 0 Å². The molecule has 0 saturated carbocycles. The molecule has 3 nitrogen and oxygen atoms in total. The molecule has 0 saturated heterocycles. The molecule has 0 spiro atoms. The van der Waals surface area contributed by atoms with E-state index in [4.69, 9.17) is 0 Å². The Kier molecular flexibility index (Phi) is 5.59. The SMILES string of the molecule is COC(=O)C=CN(Cc1ccccc1)Cc1ccccc1. The Balaban J connectivity index is 2.10. The molecule has 0 aliphatic rings. The lowest BCUT2D eigenvalue weighted by Crippen LogP contribution is -2.17. The van der Waals surface area contributed by atoms with Gasteiger partial charge in [-0.05, 0) is 11.1 Å². The summed E-state index contributed by atoms with van der Waals surface area (Å²) < 4.78 is 4.65. The predicted molar refractivity (Wildman–Crippen MR) is 83.3 cm³/mol. The molecule has 2 aromatic rings. The van der Waals surface area contributed by atoms with Gasteiger partial charge < -0.3 is 9.64 Å². The summed E-state index contributed by atoms with van der Waals surface area (Å²) in [6, 6.07) is 20.3. The third kappa shape index (κ3) is 5.15. The number of rotatable bonds is 6. The van der Waals surface area contributed by atoms with Crippen LogP contribution in [0.25, 0.3) is 0 Å². The van der Waals surface area contributed by atoms with Crippen molar-refractivity contribution in [1.29, 1.82) is 0 Å². The molecule has 0 fully saturated rings. The maximum Gasteiger partial charge on any atom is 0.331 e. The first kappa shape index (κ1) is 14.9. The van der Waals surface area contributed by atoms with E-state index in [2.05, 4.69) is 33.9 Å². The maximum absolute atomic E-state index is 11.3. The van der Waals surface area contributed by atoms with Gasteiger partial charge in [0.1, 0.15) is 0 Å². The van der Waals surface area contributed by atoms with Gasteiger partial charge in [-0.2, -0.15) is 0 Å². The van der Waals surface area contributed by atoms with Crippen molar-refractivity contribution in [2.45, 2.75) is 13.1 Å². The molecule has 0 aromatic heterocycles. The first-order valence-corrected chi connectivity index (χ1v) is 6.86. The van der Waals surface area contributed by atoms with Gasteiger partial charge in [-0.3, -0.25) is 0 Å². The molecule has 0 atom stereocenters. The molecule has 0 unspecified atom stereocenters. The van der Waals surface area contributed by atoms with E-state index in [1.165, 1.54) is 24.3 Å². The number of carbonyl (C=O) groups is 1. The second kappa shape index (κ2) is 7.90. The molecule has 0 heterocycles. The van der Waals surface area contributed by atoms with E-state index in [0.717, 1.165) is 13.1 Å². The average Bonchev–Trinajstić information content (AvgIpc) is 2.54. The Morgan fingerprint density at radius 2 is 1.43 bits per heavy atom. The fourth-order valence-electron chi connectivity index (χ4n) is 2.03. The third-order valence-electron chi connectivity index (χ3n) is 3.08. The van der Waals surface area contributed by atoms with Crippen LogP contribution in [0.5, 0.6) is 0 Å². The van der Waals surface area contributed by atoms with Crippen LogP contribution in [0.3, 0.4) is 0 Å². The van der Waals surface area contributed by atoms with E-state index >= 15 is 0 Å². The first-order valence-electron chi connectivity index (χ1n) is 6.86. The molecular weight excluding hydrogens is 262 g/mol. The van der Waals surface area contributed by atoms with Crippen LogP contribution in [-0.4, -0.2) is 18.0 Å². The number of hydrogen-bond donors (Lipinski definition) is 0. The Morgan fingerprint density at radius 1 is 0.952 bits per heavy atom. The van der Waals surface area contributed by atoms with Crippen LogP contribution in [0, 0.1) is 0 Å². The second-order valence-electron chi connectivity index (χ2n) is 4.72. The van der Waals surface area contributed by atoms with Crippen LogP contribution >= 0.6 is 0 Å². The minimum Gasteiger partial charge on any atom is -0.466 e.